The van der Waals surface area contributed by atoms with Gasteiger partial charge >= 0.3 is 0 Å². The zero-order valence-corrected chi connectivity index (χ0v) is 13.5. The minimum atomic E-state index is -0.503. The highest BCUT2D eigenvalue weighted by Gasteiger charge is 2.15. The van der Waals surface area contributed by atoms with Crippen molar-refractivity contribution in [1.82, 2.24) is 15.1 Å². The van der Waals surface area contributed by atoms with Crippen molar-refractivity contribution in [2.45, 2.75) is 19.4 Å². The highest BCUT2D eigenvalue weighted by atomic mass is 35.5. The minimum Gasteiger partial charge on any atom is -0.349 e. The maximum atomic E-state index is 11.9. The van der Waals surface area contributed by atoms with E-state index in [9.17, 15) is 14.9 Å². The molecule has 0 aliphatic rings. The number of nitrogens with one attached hydrogen (secondary N) is 1. The van der Waals surface area contributed by atoms with Crippen molar-refractivity contribution in [3.8, 4) is 5.69 Å². The van der Waals surface area contributed by atoms with Gasteiger partial charge in [0.25, 0.3) is 11.6 Å². The average Bonchev–Trinajstić information content (AvgIpc) is 2.94. The summed E-state index contributed by atoms with van der Waals surface area (Å²) >= 11 is 0. The smallest absolute Gasteiger partial charge is 0.271 e. The number of non-ortho nitro benzene ring substituents is 1. The Morgan fingerprint density at radius 2 is 1.96 bits per heavy atom. The van der Waals surface area contributed by atoms with Crippen molar-refractivity contribution < 1.29 is 9.72 Å². The first-order chi connectivity index (χ1) is 10.3. The molecule has 1 aromatic heterocycles. The topological polar surface area (TPSA) is 116 Å². The number of amides is 1. The lowest BCUT2D eigenvalue weighted by Gasteiger charge is -2.18. The molecular formula is C14H18ClN5O3. The average molecular weight is 340 g/mol. The highest BCUT2D eigenvalue weighted by Crippen LogP contribution is 2.14. The maximum absolute atomic E-state index is 11.9. The molecule has 0 fully saturated rings. The molecule has 0 aliphatic heterocycles. The van der Waals surface area contributed by atoms with Crippen LogP contribution in [-0.2, 0) is 0 Å². The first-order valence-corrected chi connectivity index (χ1v) is 6.64. The van der Waals surface area contributed by atoms with E-state index < -0.39 is 10.5 Å². The summed E-state index contributed by atoms with van der Waals surface area (Å²) in [4.78, 5) is 22.1. The van der Waals surface area contributed by atoms with E-state index in [1.165, 1.54) is 16.8 Å². The van der Waals surface area contributed by atoms with Gasteiger partial charge in [-0.05, 0) is 32.0 Å². The summed E-state index contributed by atoms with van der Waals surface area (Å²) in [7, 11) is 0. The van der Waals surface area contributed by atoms with E-state index in [4.69, 9.17) is 5.73 Å². The van der Waals surface area contributed by atoms with E-state index >= 15 is 0 Å². The number of halogens is 1. The van der Waals surface area contributed by atoms with Crippen molar-refractivity contribution in [2.24, 2.45) is 5.73 Å². The van der Waals surface area contributed by atoms with Gasteiger partial charge in [0.1, 0.15) is 0 Å². The maximum Gasteiger partial charge on any atom is 0.271 e. The molecule has 124 valence electrons. The Balaban J connectivity index is 0.00000264. The van der Waals surface area contributed by atoms with Gasteiger partial charge in [-0.3, -0.25) is 14.9 Å². The molecule has 0 radical (unpaired) electrons. The summed E-state index contributed by atoms with van der Waals surface area (Å²) in [6.45, 7) is 3.95. The van der Waals surface area contributed by atoms with E-state index in [0.29, 0.717) is 12.2 Å². The van der Waals surface area contributed by atoms with Crippen LogP contribution in [0.4, 0.5) is 5.69 Å². The number of nitro benzene ring substituents is 1. The van der Waals surface area contributed by atoms with E-state index in [1.807, 2.05) is 13.8 Å². The largest absolute Gasteiger partial charge is 0.349 e. The van der Waals surface area contributed by atoms with Crippen LogP contribution in [0, 0.1) is 10.1 Å². The zero-order valence-electron chi connectivity index (χ0n) is 12.7. The summed E-state index contributed by atoms with van der Waals surface area (Å²) in [6, 6.07) is 7.47. The molecule has 1 amide bonds. The van der Waals surface area contributed by atoms with Gasteiger partial charge in [0, 0.05) is 30.4 Å². The fourth-order valence-electron chi connectivity index (χ4n) is 1.71. The molecule has 0 spiro atoms. The van der Waals surface area contributed by atoms with Crippen LogP contribution in [0.25, 0.3) is 5.69 Å². The number of benzene rings is 1. The van der Waals surface area contributed by atoms with Gasteiger partial charge in [0.2, 0.25) is 0 Å². The summed E-state index contributed by atoms with van der Waals surface area (Å²) < 4.78 is 1.48. The SMILES string of the molecule is CC(C)(N)CNC(=O)c1ccn(-c2ccc([N+](=O)[O-])cc2)n1.Cl. The molecule has 2 aromatic rings. The number of hydrogen-bond donors (Lipinski definition) is 2. The number of nitro groups is 1. The summed E-state index contributed by atoms with van der Waals surface area (Å²) in [5, 5.41) is 17.5. The van der Waals surface area contributed by atoms with Gasteiger partial charge in [-0.25, -0.2) is 4.68 Å². The molecule has 1 heterocycles. The van der Waals surface area contributed by atoms with Crippen molar-refractivity contribution in [3.63, 3.8) is 0 Å². The van der Waals surface area contributed by atoms with Crippen LogP contribution in [0.15, 0.2) is 36.5 Å². The predicted molar refractivity (Wildman–Crippen MR) is 88.1 cm³/mol. The van der Waals surface area contributed by atoms with Crippen molar-refractivity contribution >= 4 is 24.0 Å². The molecule has 8 nitrogen and oxygen atoms in total. The molecule has 9 heteroatoms. The monoisotopic (exact) mass is 339 g/mol. The van der Waals surface area contributed by atoms with Gasteiger partial charge in [-0.1, -0.05) is 0 Å². The van der Waals surface area contributed by atoms with E-state index in [0.717, 1.165) is 0 Å². The molecule has 23 heavy (non-hydrogen) atoms. The fourth-order valence-corrected chi connectivity index (χ4v) is 1.71. The molecule has 3 N–H and O–H groups in total. The first-order valence-electron chi connectivity index (χ1n) is 6.64. The van der Waals surface area contributed by atoms with Gasteiger partial charge < -0.3 is 11.1 Å². The van der Waals surface area contributed by atoms with E-state index in [2.05, 4.69) is 10.4 Å². The second kappa shape index (κ2) is 7.21. The quantitative estimate of drug-likeness (QED) is 0.635. The van der Waals surface area contributed by atoms with Crippen molar-refractivity contribution in [1.29, 1.82) is 0 Å². The number of aromatic nitrogens is 2. The molecular weight excluding hydrogens is 322 g/mol. The van der Waals surface area contributed by atoms with Crippen LogP contribution in [-0.4, -0.2) is 32.7 Å². The molecule has 2 rings (SSSR count). The van der Waals surface area contributed by atoms with Gasteiger partial charge in [0.15, 0.2) is 5.69 Å². The number of nitrogens with zero attached hydrogens (tertiary/aromatic N) is 3. The molecule has 0 saturated carbocycles. The third kappa shape index (κ3) is 5.04. The summed E-state index contributed by atoms with van der Waals surface area (Å²) in [6.07, 6.45) is 1.61. The lowest BCUT2D eigenvalue weighted by atomic mass is 10.1. The Kier molecular flexibility index (Phi) is 5.83. The zero-order chi connectivity index (χ0) is 16.3. The third-order valence-electron chi connectivity index (χ3n) is 2.85. The van der Waals surface area contributed by atoms with E-state index in [-0.39, 0.29) is 29.7 Å². The lowest BCUT2D eigenvalue weighted by Crippen LogP contribution is -2.45. The molecule has 0 unspecified atom stereocenters. The molecule has 0 bridgehead atoms. The highest BCUT2D eigenvalue weighted by molar-refractivity contribution is 5.92. The summed E-state index contributed by atoms with van der Waals surface area (Å²) in [5.74, 6) is -0.320. The Labute approximate surface area is 139 Å². The van der Waals surface area contributed by atoms with Crippen molar-refractivity contribution in [2.75, 3.05) is 6.54 Å². The number of carbonyl (C=O) groups is 1. The number of rotatable bonds is 5. The standard InChI is InChI=1S/C14H17N5O3.ClH/c1-14(2,15)9-16-13(20)12-7-8-18(17-12)10-3-5-11(6-4-10)19(21)22;/h3-8H,9,15H2,1-2H3,(H,16,20);1H. The minimum absolute atomic E-state index is 0. The number of carbonyl (C=O) groups excluding carboxylic acids is 1. The Morgan fingerprint density at radius 1 is 1.35 bits per heavy atom. The van der Waals surface area contributed by atoms with Gasteiger partial charge in [0.05, 0.1) is 10.6 Å². The third-order valence-corrected chi connectivity index (χ3v) is 2.85. The molecule has 1 aromatic carbocycles. The normalized spacial score (nSPS) is 10.7. The number of nitrogens with two attached hydrogens (primary N) is 1. The Bertz CT molecular complexity index is 691. The van der Waals surface area contributed by atoms with E-state index in [1.54, 1.807) is 24.4 Å². The van der Waals surface area contributed by atoms with Crippen LogP contribution < -0.4 is 11.1 Å². The fraction of sp³-hybridized carbons (Fsp3) is 0.286. The first kappa shape index (κ1) is 18.6. The van der Waals surface area contributed by atoms with Crippen molar-refractivity contribution in [3.05, 3.63) is 52.3 Å². The summed E-state index contributed by atoms with van der Waals surface area (Å²) in [5.41, 5.74) is 6.18. The van der Waals surface area contributed by atoms with Crippen LogP contribution in [0.3, 0.4) is 0 Å². The van der Waals surface area contributed by atoms with Crippen LogP contribution in [0.1, 0.15) is 24.3 Å². The van der Waals surface area contributed by atoms with Gasteiger partial charge in [-0.15, -0.1) is 12.4 Å². The molecule has 0 aliphatic carbocycles. The molecule has 0 atom stereocenters. The van der Waals surface area contributed by atoms with Crippen LogP contribution in [0.2, 0.25) is 0 Å². The lowest BCUT2D eigenvalue weighted by molar-refractivity contribution is -0.384. The van der Waals surface area contributed by atoms with Gasteiger partial charge in [-0.2, -0.15) is 5.10 Å². The van der Waals surface area contributed by atoms with Crippen LogP contribution in [0.5, 0.6) is 0 Å². The van der Waals surface area contributed by atoms with Crippen LogP contribution >= 0.6 is 12.4 Å². The number of hydrogen-bond acceptors (Lipinski definition) is 5. The Hall–Kier alpha value is -2.45. The predicted octanol–water partition coefficient (Wildman–Crippen LogP) is 1.67. The second-order valence-electron chi connectivity index (χ2n) is 5.59. The Morgan fingerprint density at radius 3 is 2.48 bits per heavy atom. The molecule has 0 saturated heterocycles. The second-order valence-corrected chi connectivity index (χ2v) is 5.59.